The first kappa shape index (κ1) is 16.1. The Bertz CT molecular complexity index is 1330. The summed E-state index contributed by atoms with van der Waals surface area (Å²) in [7, 11) is 4.16. The van der Waals surface area contributed by atoms with Crippen molar-refractivity contribution in [3.8, 4) is 0 Å². The van der Waals surface area contributed by atoms with E-state index in [1.807, 2.05) is 0 Å². The van der Waals surface area contributed by atoms with Crippen molar-refractivity contribution in [1.29, 1.82) is 0 Å². The summed E-state index contributed by atoms with van der Waals surface area (Å²) in [6.07, 6.45) is 2.24. The highest BCUT2D eigenvalue weighted by molar-refractivity contribution is 5.87. The number of pyridine rings is 2. The lowest BCUT2D eigenvalue weighted by Crippen LogP contribution is -2.20. The predicted octanol–water partition coefficient (Wildman–Crippen LogP) is 5.17. The number of hydrogen-bond acceptors (Lipinski definition) is 1. The summed E-state index contributed by atoms with van der Waals surface area (Å²) in [5.74, 6) is 0.538. The molecule has 0 bridgehead atoms. The molecule has 0 saturated heterocycles. The first-order valence-corrected chi connectivity index (χ1v) is 9.52. The summed E-state index contributed by atoms with van der Waals surface area (Å²) in [5.41, 5.74) is 7.49. The molecule has 2 aromatic carbocycles. The summed E-state index contributed by atoms with van der Waals surface area (Å²) in [5, 5.41) is 2.54. The summed E-state index contributed by atoms with van der Waals surface area (Å²) < 4.78 is 4.67. The van der Waals surface area contributed by atoms with Gasteiger partial charge in [-0.1, -0.05) is 19.9 Å². The molecule has 0 amide bonds. The Labute approximate surface area is 159 Å². The Morgan fingerprint density at radius 1 is 0.852 bits per heavy atom. The Hall–Kier alpha value is -3.07. The van der Waals surface area contributed by atoms with E-state index >= 15 is 0 Å². The van der Waals surface area contributed by atoms with E-state index in [1.165, 1.54) is 44.2 Å². The minimum absolute atomic E-state index is 0.538. The van der Waals surface area contributed by atoms with Crippen molar-refractivity contribution in [3.05, 3.63) is 72.4 Å². The number of aromatic nitrogens is 2. The molecule has 3 heteroatoms. The second-order valence-electron chi connectivity index (χ2n) is 7.89. The first-order chi connectivity index (χ1) is 13.0. The van der Waals surface area contributed by atoms with E-state index in [0.29, 0.717) is 5.92 Å². The monoisotopic (exact) mass is 354 g/mol. The molecule has 0 fully saturated rings. The third-order valence-electron chi connectivity index (χ3n) is 5.59. The molecular weight excluding hydrogens is 330 g/mol. The van der Waals surface area contributed by atoms with Crippen molar-refractivity contribution >= 4 is 38.7 Å². The molecule has 3 aromatic heterocycles. The zero-order valence-electron chi connectivity index (χ0n) is 16.3. The first-order valence-electron chi connectivity index (χ1n) is 9.52. The molecule has 0 saturated carbocycles. The molecule has 0 radical (unpaired) electrons. The van der Waals surface area contributed by atoms with Crippen LogP contribution in [-0.2, 0) is 0 Å². The largest absolute Gasteiger partial charge is 0.378 e. The van der Waals surface area contributed by atoms with E-state index in [2.05, 4.69) is 109 Å². The number of nitrogens with zero attached hydrogens (tertiary/aromatic N) is 3. The maximum atomic E-state index is 2.36. The van der Waals surface area contributed by atoms with Gasteiger partial charge < -0.3 is 4.90 Å². The van der Waals surface area contributed by atoms with Gasteiger partial charge >= 0.3 is 0 Å². The van der Waals surface area contributed by atoms with Crippen LogP contribution in [0.2, 0.25) is 0 Å². The van der Waals surface area contributed by atoms with E-state index in [1.54, 1.807) is 0 Å². The summed E-state index contributed by atoms with van der Waals surface area (Å²) in [6, 6.07) is 22.4. The average molecular weight is 354 g/mol. The van der Waals surface area contributed by atoms with Gasteiger partial charge in [0.1, 0.15) is 17.2 Å². The molecule has 0 atom stereocenters. The van der Waals surface area contributed by atoms with Gasteiger partial charge in [-0.05, 0) is 60.0 Å². The van der Waals surface area contributed by atoms with Crippen molar-refractivity contribution in [2.45, 2.75) is 19.8 Å². The van der Waals surface area contributed by atoms with E-state index < -0.39 is 0 Å². The fraction of sp³-hybridized carbons (Fsp3) is 0.208. The molecule has 0 unspecified atom stereocenters. The number of fused-ring (bicyclic) bond motifs is 7. The number of imidazole rings is 1. The van der Waals surface area contributed by atoms with Gasteiger partial charge in [0.25, 0.3) is 5.65 Å². The van der Waals surface area contributed by atoms with Gasteiger partial charge in [-0.15, -0.1) is 0 Å². The summed E-state index contributed by atoms with van der Waals surface area (Å²) >= 11 is 0. The normalized spacial score (nSPS) is 12.0. The Morgan fingerprint density at radius 2 is 1.67 bits per heavy atom. The molecule has 0 spiro atoms. The van der Waals surface area contributed by atoms with Crippen LogP contribution in [0.15, 0.2) is 66.9 Å². The van der Waals surface area contributed by atoms with Crippen LogP contribution >= 0.6 is 0 Å². The van der Waals surface area contributed by atoms with Crippen molar-refractivity contribution in [2.24, 2.45) is 0 Å². The van der Waals surface area contributed by atoms with Crippen LogP contribution in [0, 0.1) is 0 Å². The lowest BCUT2D eigenvalue weighted by atomic mass is 10.0. The van der Waals surface area contributed by atoms with Gasteiger partial charge in [-0.3, -0.25) is 0 Å². The summed E-state index contributed by atoms with van der Waals surface area (Å²) in [4.78, 5) is 2.14. The van der Waals surface area contributed by atoms with Gasteiger partial charge in [-0.2, -0.15) is 8.80 Å². The van der Waals surface area contributed by atoms with Crippen molar-refractivity contribution in [3.63, 3.8) is 0 Å². The van der Waals surface area contributed by atoms with Gasteiger partial charge in [0.05, 0.1) is 0 Å². The second-order valence-corrected chi connectivity index (χ2v) is 7.89. The predicted molar refractivity (Wildman–Crippen MR) is 114 cm³/mol. The number of hydrogen-bond donors (Lipinski definition) is 0. The van der Waals surface area contributed by atoms with Gasteiger partial charge in [0.2, 0.25) is 0 Å². The van der Waals surface area contributed by atoms with Crippen LogP contribution in [0.5, 0.6) is 0 Å². The van der Waals surface area contributed by atoms with Crippen LogP contribution in [-0.4, -0.2) is 18.5 Å². The zero-order chi connectivity index (χ0) is 18.7. The highest BCUT2D eigenvalue weighted by atomic mass is 15.1. The Balaban J connectivity index is 1.86. The quantitative estimate of drug-likeness (QED) is 0.398. The third kappa shape index (κ3) is 2.38. The van der Waals surface area contributed by atoms with Crippen LogP contribution in [0.25, 0.3) is 33.0 Å². The van der Waals surface area contributed by atoms with E-state index in [0.717, 1.165) is 0 Å². The van der Waals surface area contributed by atoms with E-state index in [9.17, 15) is 0 Å². The molecule has 0 N–H and O–H groups in total. The van der Waals surface area contributed by atoms with Gasteiger partial charge in [0, 0.05) is 36.6 Å². The number of rotatable bonds is 2. The second kappa shape index (κ2) is 5.71. The van der Waals surface area contributed by atoms with Crippen LogP contribution in [0.3, 0.4) is 0 Å². The highest BCUT2D eigenvalue weighted by Crippen LogP contribution is 2.25. The lowest BCUT2D eigenvalue weighted by Gasteiger charge is -2.12. The minimum atomic E-state index is 0.538. The molecule has 134 valence electrons. The number of anilines is 1. The van der Waals surface area contributed by atoms with Crippen molar-refractivity contribution in [1.82, 2.24) is 4.40 Å². The number of benzene rings is 2. The van der Waals surface area contributed by atoms with Crippen molar-refractivity contribution < 1.29 is 4.40 Å². The van der Waals surface area contributed by atoms with E-state index in [4.69, 9.17) is 0 Å². The van der Waals surface area contributed by atoms with E-state index in [-0.39, 0.29) is 0 Å². The third-order valence-corrected chi connectivity index (χ3v) is 5.59. The maximum absolute atomic E-state index is 2.36. The molecule has 5 aromatic rings. The molecule has 0 aliphatic rings. The smallest absolute Gasteiger partial charge is 0.292 e. The fourth-order valence-electron chi connectivity index (χ4n) is 4.01. The van der Waals surface area contributed by atoms with Crippen LogP contribution in [0.4, 0.5) is 5.69 Å². The Morgan fingerprint density at radius 3 is 2.44 bits per heavy atom. The SMILES string of the molecule is CC(C)c1ccc2c(ccc3c[n+]4c5ccc(N(C)C)cc5ccc4n32)c1. The molecule has 5 rings (SSSR count). The molecule has 0 aliphatic heterocycles. The standard InChI is InChI=1S/C24H24N3/c1-16(2)17-6-10-23-18(13-17)5-8-21-15-26-22-11-9-20(25(3)4)14-19(22)7-12-24(26)27(21)23/h5-16H,1-4H3/q+1. The lowest BCUT2D eigenvalue weighted by molar-refractivity contribution is -0.479. The topological polar surface area (TPSA) is 11.8 Å². The fourth-order valence-corrected chi connectivity index (χ4v) is 4.01. The van der Waals surface area contributed by atoms with Crippen LogP contribution in [0.1, 0.15) is 25.3 Å². The molecule has 3 nitrogen and oxygen atoms in total. The molecular formula is C24H24N3+. The minimum Gasteiger partial charge on any atom is -0.378 e. The zero-order valence-corrected chi connectivity index (χ0v) is 16.3. The average Bonchev–Trinajstić information content (AvgIpc) is 3.06. The maximum Gasteiger partial charge on any atom is 0.292 e. The molecule has 27 heavy (non-hydrogen) atoms. The highest BCUT2D eigenvalue weighted by Gasteiger charge is 2.17. The van der Waals surface area contributed by atoms with Gasteiger partial charge in [-0.25, -0.2) is 0 Å². The summed E-state index contributed by atoms with van der Waals surface area (Å²) in [6.45, 7) is 4.49. The Kier molecular flexibility index (Phi) is 3.41. The molecule has 3 heterocycles. The van der Waals surface area contributed by atoms with Crippen LogP contribution < -0.4 is 9.30 Å². The van der Waals surface area contributed by atoms with Crippen molar-refractivity contribution in [2.75, 3.05) is 19.0 Å². The molecule has 0 aliphatic carbocycles. The van der Waals surface area contributed by atoms with Gasteiger partial charge in [0.15, 0.2) is 5.52 Å².